The molecule has 1 aromatic heterocycles. The molecule has 1 rings (SSSR count). The monoisotopic (exact) mass is 282 g/mol. The maximum absolute atomic E-state index is 4.67. The van der Waals surface area contributed by atoms with Crippen LogP contribution in [-0.2, 0) is 6.54 Å². The van der Waals surface area contributed by atoms with Crippen molar-refractivity contribution in [2.45, 2.75) is 47.1 Å². The highest BCUT2D eigenvalue weighted by molar-refractivity contribution is 7.11. The van der Waals surface area contributed by atoms with Gasteiger partial charge in [-0.1, -0.05) is 13.3 Å². The predicted octanol–water partition coefficient (Wildman–Crippen LogP) is 2.96. The summed E-state index contributed by atoms with van der Waals surface area (Å²) in [6.07, 6.45) is 2.39. The Bertz CT molecular complexity index is 392. The maximum Gasteiger partial charge on any atom is 0.194 e. The first-order chi connectivity index (χ1) is 9.08. The molecule has 0 unspecified atom stereocenters. The number of aromatic nitrogens is 1. The van der Waals surface area contributed by atoms with Gasteiger partial charge >= 0.3 is 0 Å². The molecule has 0 amide bonds. The fraction of sp³-hybridized carbons (Fsp3) is 0.714. The molecule has 1 N–H and O–H groups in total. The average Bonchev–Trinajstić information content (AvgIpc) is 2.71. The molecule has 19 heavy (non-hydrogen) atoms. The van der Waals surface area contributed by atoms with Crippen LogP contribution in [0.3, 0.4) is 0 Å². The van der Waals surface area contributed by atoms with Crippen molar-refractivity contribution in [2.75, 3.05) is 20.1 Å². The van der Waals surface area contributed by atoms with Gasteiger partial charge in [-0.2, -0.15) is 0 Å². The molecule has 0 fully saturated rings. The van der Waals surface area contributed by atoms with Crippen LogP contribution in [0.4, 0.5) is 0 Å². The van der Waals surface area contributed by atoms with Crippen molar-refractivity contribution in [2.24, 2.45) is 4.99 Å². The lowest BCUT2D eigenvalue weighted by Gasteiger charge is -2.21. The van der Waals surface area contributed by atoms with E-state index in [0.717, 1.165) is 29.8 Å². The lowest BCUT2D eigenvalue weighted by molar-refractivity contribution is 0.464. The second-order valence-corrected chi connectivity index (χ2v) is 5.98. The van der Waals surface area contributed by atoms with Gasteiger partial charge in [-0.3, -0.25) is 0 Å². The van der Waals surface area contributed by atoms with E-state index in [2.05, 4.69) is 54.9 Å². The number of thiazole rings is 1. The van der Waals surface area contributed by atoms with Gasteiger partial charge in [-0.25, -0.2) is 9.98 Å². The highest BCUT2D eigenvalue weighted by Crippen LogP contribution is 2.17. The third kappa shape index (κ3) is 5.19. The van der Waals surface area contributed by atoms with Crippen LogP contribution in [0.15, 0.2) is 4.99 Å². The van der Waals surface area contributed by atoms with Crippen LogP contribution in [0, 0.1) is 13.8 Å². The summed E-state index contributed by atoms with van der Waals surface area (Å²) in [6.45, 7) is 11.1. The van der Waals surface area contributed by atoms with Gasteiger partial charge in [0.15, 0.2) is 5.96 Å². The van der Waals surface area contributed by atoms with Gasteiger partial charge in [0.05, 0.1) is 12.2 Å². The SMILES string of the molecule is CCCCN(C)C(=NCc1nc(C)c(C)s1)NCC. The highest BCUT2D eigenvalue weighted by atomic mass is 32.1. The Morgan fingerprint density at radius 3 is 2.63 bits per heavy atom. The molecule has 0 saturated heterocycles. The van der Waals surface area contributed by atoms with Gasteiger partial charge in [0.2, 0.25) is 0 Å². The van der Waals surface area contributed by atoms with E-state index < -0.39 is 0 Å². The van der Waals surface area contributed by atoms with Crippen LogP contribution in [0.1, 0.15) is 42.3 Å². The van der Waals surface area contributed by atoms with Crippen molar-refractivity contribution in [1.29, 1.82) is 0 Å². The first-order valence-electron chi connectivity index (χ1n) is 7.00. The normalized spacial score (nSPS) is 11.7. The van der Waals surface area contributed by atoms with E-state index in [9.17, 15) is 0 Å². The minimum atomic E-state index is 0.665. The lowest BCUT2D eigenvalue weighted by Crippen LogP contribution is -2.39. The van der Waals surface area contributed by atoms with Gasteiger partial charge in [0, 0.05) is 25.0 Å². The molecule has 1 heterocycles. The molecule has 0 aliphatic carbocycles. The Morgan fingerprint density at radius 1 is 1.37 bits per heavy atom. The quantitative estimate of drug-likeness (QED) is 0.644. The number of nitrogens with zero attached hydrogens (tertiary/aromatic N) is 3. The summed E-state index contributed by atoms with van der Waals surface area (Å²) in [5.74, 6) is 0.974. The van der Waals surface area contributed by atoms with Crippen LogP contribution >= 0.6 is 11.3 Å². The summed E-state index contributed by atoms with van der Waals surface area (Å²) in [4.78, 5) is 12.7. The summed E-state index contributed by atoms with van der Waals surface area (Å²) in [5, 5.41) is 4.43. The Kier molecular flexibility index (Phi) is 6.84. The van der Waals surface area contributed by atoms with Crippen molar-refractivity contribution in [3.05, 3.63) is 15.6 Å². The lowest BCUT2D eigenvalue weighted by atomic mass is 10.3. The van der Waals surface area contributed by atoms with Gasteiger partial charge in [-0.15, -0.1) is 11.3 Å². The van der Waals surface area contributed by atoms with Crippen LogP contribution in [-0.4, -0.2) is 36.0 Å². The Morgan fingerprint density at radius 2 is 2.11 bits per heavy atom. The molecular formula is C14H26N4S. The largest absolute Gasteiger partial charge is 0.357 e. The van der Waals surface area contributed by atoms with Crippen molar-refractivity contribution in [3.8, 4) is 0 Å². The van der Waals surface area contributed by atoms with Crippen LogP contribution in [0.25, 0.3) is 0 Å². The predicted molar refractivity (Wildman–Crippen MR) is 83.9 cm³/mol. The van der Waals surface area contributed by atoms with Crippen molar-refractivity contribution in [1.82, 2.24) is 15.2 Å². The zero-order chi connectivity index (χ0) is 14.3. The van der Waals surface area contributed by atoms with Crippen LogP contribution < -0.4 is 5.32 Å². The number of rotatable bonds is 6. The Labute approximate surface area is 121 Å². The van der Waals surface area contributed by atoms with E-state index in [4.69, 9.17) is 0 Å². The second-order valence-electron chi connectivity index (χ2n) is 4.69. The van der Waals surface area contributed by atoms with Crippen molar-refractivity contribution < 1.29 is 0 Å². The zero-order valence-corrected chi connectivity index (χ0v) is 13.6. The molecule has 4 nitrogen and oxygen atoms in total. The molecule has 0 saturated carbocycles. The summed E-state index contributed by atoms with van der Waals surface area (Å²) in [7, 11) is 2.09. The zero-order valence-electron chi connectivity index (χ0n) is 12.8. The van der Waals surface area contributed by atoms with E-state index >= 15 is 0 Å². The van der Waals surface area contributed by atoms with E-state index in [1.807, 2.05) is 0 Å². The number of guanidine groups is 1. The molecule has 0 aliphatic heterocycles. The van der Waals surface area contributed by atoms with E-state index in [1.54, 1.807) is 11.3 Å². The van der Waals surface area contributed by atoms with Crippen LogP contribution in [0.5, 0.6) is 0 Å². The molecule has 0 aliphatic rings. The van der Waals surface area contributed by atoms with Gasteiger partial charge in [0.1, 0.15) is 5.01 Å². The average molecular weight is 282 g/mol. The topological polar surface area (TPSA) is 40.5 Å². The van der Waals surface area contributed by atoms with Gasteiger partial charge in [-0.05, 0) is 27.2 Å². The smallest absolute Gasteiger partial charge is 0.194 e. The molecular weight excluding hydrogens is 256 g/mol. The molecule has 0 aromatic carbocycles. The van der Waals surface area contributed by atoms with Gasteiger partial charge < -0.3 is 10.2 Å². The standard InChI is InChI=1S/C14H26N4S/c1-6-8-9-18(5)14(15-7-2)16-10-13-17-11(3)12(4)19-13/h6-10H2,1-5H3,(H,15,16). The van der Waals surface area contributed by atoms with Crippen molar-refractivity contribution in [3.63, 3.8) is 0 Å². The summed E-state index contributed by atoms with van der Waals surface area (Å²) in [5.41, 5.74) is 1.12. The number of aliphatic imine (C=N–C) groups is 1. The first kappa shape index (κ1) is 16.0. The van der Waals surface area contributed by atoms with E-state index in [-0.39, 0.29) is 0 Å². The minimum Gasteiger partial charge on any atom is -0.357 e. The Balaban J connectivity index is 2.66. The fourth-order valence-electron chi connectivity index (χ4n) is 1.72. The minimum absolute atomic E-state index is 0.665. The fourth-order valence-corrected chi connectivity index (χ4v) is 2.58. The van der Waals surface area contributed by atoms with E-state index in [1.165, 1.54) is 17.7 Å². The Hall–Kier alpha value is -1.10. The van der Waals surface area contributed by atoms with Crippen molar-refractivity contribution >= 4 is 17.3 Å². The first-order valence-corrected chi connectivity index (χ1v) is 7.82. The number of aryl methyl sites for hydroxylation is 2. The highest BCUT2D eigenvalue weighted by Gasteiger charge is 2.06. The number of nitrogens with one attached hydrogen (secondary N) is 1. The van der Waals surface area contributed by atoms with Gasteiger partial charge in [0.25, 0.3) is 0 Å². The second kappa shape index (κ2) is 8.15. The summed E-state index contributed by atoms with van der Waals surface area (Å²) in [6, 6.07) is 0. The maximum atomic E-state index is 4.67. The molecule has 0 bridgehead atoms. The third-order valence-electron chi connectivity index (χ3n) is 2.98. The molecule has 108 valence electrons. The molecule has 0 radical (unpaired) electrons. The molecule has 0 atom stereocenters. The molecule has 5 heteroatoms. The molecule has 1 aromatic rings. The number of hydrogen-bond acceptors (Lipinski definition) is 3. The van der Waals surface area contributed by atoms with Crippen LogP contribution in [0.2, 0.25) is 0 Å². The molecule has 0 spiro atoms. The number of unbranched alkanes of at least 4 members (excludes halogenated alkanes) is 1. The summed E-state index contributed by atoms with van der Waals surface area (Å²) >= 11 is 1.74. The number of hydrogen-bond donors (Lipinski definition) is 1. The summed E-state index contributed by atoms with van der Waals surface area (Å²) < 4.78 is 0. The third-order valence-corrected chi connectivity index (χ3v) is 4.04. The van der Waals surface area contributed by atoms with E-state index in [0.29, 0.717) is 6.54 Å².